The molecule has 3 aromatic rings. The lowest BCUT2D eigenvalue weighted by Crippen LogP contribution is -2.34. The molecule has 0 atom stereocenters. The van der Waals surface area contributed by atoms with Crippen molar-refractivity contribution in [3.05, 3.63) is 100 Å². The average molecular weight is 436 g/mol. The second-order valence-electron chi connectivity index (χ2n) is 6.83. The summed E-state index contributed by atoms with van der Waals surface area (Å²) < 4.78 is 5.73. The van der Waals surface area contributed by atoms with Crippen molar-refractivity contribution >= 4 is 29.6 Å². The van der Waals surface area contributed by atoms with E-state index in [1.165, 1.54) is 6.21 Å². The Morgan fingerprint density at radius 3 is 2.48 bits per heavy atom. The minimum atomic E-state index is -0.417. The summed E-state index contributed by atoms with van der Waals surface area (Å²) in [6.45, 7) is 2.17. The molecular formula is C24H22ClN3O3. The van der Waals surface area contributed by atoms with Crippen LogP contribution < -0.4 is 15.5 Å². The molecule has 2 amide bonds. The van der Waals surface area contributed by atoms with Crippen molar-refractivity contribution in [3.63, 3.8) is 0 Å². The molecular weight excluding hydrogens is 414 g/mol. The van der Waals surface area contributed by atoms with Crippen LogP contribution in [0.4, 0.5) is 0 Å². The number of amides is 2. The van der Waals surface area contributed by atoms with Gasteiger partial charge in [-0.1, -0.05) is 41.4 Å². The molecule has 0 aromatic heterocycles. The van der Waals surface area contributed by atoms with Crippen molar-refractivity contribution < 1.29 is 14.3 Å². The topological polar surface area (TPSA) is 79.8 Å². The van der Waals surface area contributed by atoms with E-state index in [9.17, 15) is 9.59 Å². The highest BCUT2D eigenvalue weighted by molar-refractivity contribution is 6.30. The van der Waals surface area contributed by atoms with Gasteiger partial charge in [0, 0.05) is 10.6 Å². The fraction of sp³-hybridized carbons (Fsp3) is 0.125. The van der Waals surface area contributed by atoms with Crippen LogP contribution in [0.25, 0.3) is 0 Å². The van der Waals surface area contributed by atoms with Crippen LogP contribution in [-0.4, -0.2) is 24.6 Å². The molecule has 0 radical (unpaired) electrons. The first-order valence-electron chi connectivity index (χ1n) is 9.64. The van der Waals surface area contributed by atoms with Crippen molar-refractivity contribution in [1.29, 1.82) is 0 Å². The molecule has 0 aliphatic rings. The van der Waals surface area contributed by atoms with E-state index in [1.807, 2.05) is 61.5 Å². The number of benzene rings is 3. The number of ether oxygens (including phenoxy) is 1. The Morgan fingerprint density at radius 2 is 1.77 bits per heavy atom. The number of carbonyl (C=O) groups is 2. The van der Waals surface area contributed by atoms with Gasteiger partial charge in [-0.2, -0.15) is 5.10 Å². The SMILES string of the molecule is Cc1cccc(C(=O)NCC(=O)N/N=C\c2ccc(OCc3ccc(Cl)cc3)cc2)c1. The van der Waals surface area contributed by atoms with Gasteiger partial charge < -0.3 is 10.1 Å². The minimum Gasteiger partial charge on any atom is -0.489 e. The number of halogens is 1. The Balaban J connectivity index is 1.41. The third kappa shape index (κ3) is 7.28. The molecule has 3 rings (SSSR count). The third-order valence-corrected chi connectivity index (χ3v) is 4.54. The van der Waals surface area contributed by atoms with Crippen LogP contribution in [0, 0.1) is 6.92 Å². The van der Waals surface area contributed by atoms with Crippen molar-refractivity contribution in [1.82, 2.24) is 10.7 Å². The summed E-state index contributed by atoms with van der Waals surface area (Å²) in [5.74, 6) is -0.00723. The van der Waals surface area contributed by atoms with Gasteiger partial charge in [-0.05, 0) is 66.6 Å². The summed E-state index contributed by atoms with van der Waals surface area (Å²) in [4.78, 5) is 23.9. The highest BCUT2D eigenvalue weighted by Crippen LogP contribution is 2.15. The van der Waals surface area contributed by atoms with Gasteiger partial charge in [-0.3, -0.25) is 9.59 Å². The Hall–Kier alpha value is -3.64. The Labute approximate surface area is 185 Å². The monoisotopic (exact) mass is 435 g/mol. The van der Waals surface area contributed by atoms with Crippen molar-refractivity contribution in [2.24, 2.45) is 5.10 Å². The summed E-state index contributed by atoms with van der Waals surface area (Å²) in [5, 5.41) is 7.16. The lowest BCUT2D eigenvalue weighted by Gasteiger charge is -2.06. The fourth-order valence-electron chi connectivity index (χ4n) is 2.66. The van der Waals surface area contributed by atoms with E-state index in [4.69, 9.17) is 16.3 Å². The molecule has 3 aromatic carbocycles. The van der Waals surface area contributed by atoms with Gasteiger partial charge in [0.2, 0.25) is 0 Å². The number of carbonyl (C=O) groups excluding carboxylic acids is 2. The van der Waals surface area contributed by atoms with Crippen LogP contribution in [0.1, 0.15) is 27.0 Å². The summed E-state index contributed by atoms with van der Waals surface area (Å²) >= 11 is 5.87. The van der Waals surface area contributed by atoms with Gasteiger partial charge in [-0.15, -0.1) is 0 Å². The zero-order valence-corrected chi connectivity index (χ0v) is 17.7. The molecule has 0 aliphatic heterocycles. The van der Waals surface area contributed by atoms with Gasteiger partial charge in [0.15, 0.2) is 0 Å². The standard InChI is InChI=1S/C24H22ClN3O3/c1-17-3-2-4-20(13-17)24(30)26-15-23(29)28-27-14-18-7-11-22(12-8-18)31-16-19-5-9-21(25)10-6-19/h2-14H,15-16H2,1H3,(H,26,30)(H,28,29)/b27-14-. The number of nitrogens with one attached hydrogen (secondary N) is 2. The maximum atomic E-state index is 12.0. The van der Waals surface area contributed by atoms with Crippen LogP contribution >= 0.6 is 11.6 Å². The summed E-state index contributed by atoms with van der Waals surface area (Å²) in [6.07, 6.45) is 1.52. The second-order valence-corrected chi connectivity index (χ2v) is 7.27. The highest BCUT2D eigenvalue weighted by Gasteiger charge is 2.07. The predicted octanol–water partition coefficient (Wildman–Crippen LogP) is 4.11. The first kappa shape index (κ1) is 22.1. The van der Waals surface area contributed by atoms with Crippen LogP contribution in [0.15, 0.2) is 77.9 Å². The molecule has 0 unspecified atom stereocenters. The zero-order valence-electron chi connectivity index (χ0n) is 17.0. The van der Waals surface area contributed by atoms with E-state index in [-0.39, 0.29) is 12.5 Å². The molecule has 0 saturated heterocycles. The van der Waals surface area contributed by atoms with Crippen molar-refractivity contribution in [2.45, 2.75) is 13.5 Å². The number of hydrogen-bond donors (Lipinski definition) is 2. The van der Waals surface area contributed by atoms with E-state index < -0.39 is 5.91 Å². The molecule has 31 heavy (non-hydrogen) atoms. The van der Waals surface area contributed by atoms with Crippen LogP contribution in [0.5, 0.6) is 5.75 Å². The van der Waals surface area contributed by atoms with Gasteiger partial charge >= 0.3 is 0 Å². The molecule has 0 bridgehead atoms. The zero-order chi connectivity index (χ0) is 22.1. The summed E-state index contributed by atoms with van der Waals surface area (Å²) in [5.41, 5.74) is 5.69. The fourth-order valence-corrected chi connectivity index (χ4v) is 2.79. The third-order valence-electron chi connectivity index (χ3n) is 4.29. The summed E-state index contributed by atoms with van der Waals surface area (Å²) in [7, 11) is 0. The number of rotatable bonds is 8. The summed E-state index contributed by atoms with van der Waals surface area (Å²) in [6, 6.07) is 21.9. The van der Waals surface area contributed by atoms with Gasteiger partial charge in [0.1, 0.15) is 12.4 Å². The average Bonchev–Trinajstić information content (AvgIpc) is 2.78. The number of hydrogen-bond acceptors (Lipinski definition) is 4. The van der Waals surface area contributed by atoms with Crippen LogP contribution in [-0.2, 0) is 11.4 Å². The van der Waals surface area contributed by atoms with Crippen LogP contribution in [0.3, 0.4) is 0 Å². The number of aryl methyl sites for hydroxylation is 1. The van der Waals surface area contributed by atoms with Crippen molar-refractivity contribution in [3.8, 4) is 5.75 Å². The first-order chi connectivity index (χ1) is 15.0. The normalized spacial score (nSPS) is 10.6. The molecule has 0 saturated carbocycles. The minimum absolute atomic E-state index is 0.165. The number of hydrazone groups is 1. The highest BCUT2D eigenvalue weighted by atomic mass is 35.5. The van der Waals surface area contributed by atoms with Gasteiger partial charge in [0.25, 0.3) is 11.8 Å². The molecule has 7 heteroatoms. The van der Waals surface area contributed by atoms with E-state index in [0.29, 0.717) is 17.2 Å². The lowest BCUT2D eigenvalue weighted by atomic mass is 10.1. The molecule has 0 aliphatic carbocycles. The Morgan fingerprint density at radius 1 is 1.03 bits per heavy atom. The lowest BCUT2D eigenvalue weighted by molar-refractivity contribution is -0.120. The molecule has 6 nitrogen and oxygen atoms in total. The van der Waals surface area contributed by atoms with Crippen molar-refractivity contribution in [2.75, 3.05) is 6.54 Å². The van der Waals surface area contributed by atoms with E-state index >= 15 is 0 Å². The second kappa shape index (κ2) is 10.9. The van der Waals surface area contributed by atoms with E-state index in [0.717, 1.165) is 22.4 Å². The number of nitrogens with zero attached hydrogens (tertiary/aromatic N) is 1. The van der Waals surface area contributed by atoms with Gasteiger partial charge in [0.05, 0.1) is 12.8 Å². The molecule has 0 heterocycles. The maximum absolute atomic E-state index is 12.0. The predicted molar refractivity (Wildman–Crippen MR) is 121 cm³/mol. The first-order valence-corrected chi connectivity index (χ1v) is 10.0. The maximum Gasteiger partial charge on any atom is 0.259 e. The Bertz CT molecular complexity index is 1060. The van der Waals surface area contributed by atoms with Gasteiger partial charge in [-0.25, -0.2) is 5.43 Å². The smallest absolute Gasteiger partial charge is 0.259 e. The molecule has 0 spiro atoms. The quantitative estimate of drug-likeness (QED) is 0.413. The van der Waals surface area contributed by atoms with Crippen LogP contribution in [0.2, 0.25) is 5.02 Å². The molecule has 2 N–H and O–H groups in total. The Kier molecular flexibility index (Phi) is 7.79. The van der Waals surface area contributed by atoms with E-state index in [1.54, 1.807) is 18.2 Å². The molecule has 0 fully saturated rings. The largest absolute Gasteiger partial charge is 0.489 e. The van der Waals surface area contributed by atoms with E-state index in [2.05, 4.69) is 15.8 Å². The molecule has 158 valence electrons.